The minimum absolute atomic E-state index is 0.437. The van der Waals surface area contributed by atoms with Gasteiger partial charge >= 0.3 is 0 Å². The highest BCUT2D eigenvalue weighted by Gasteiger charge is 2.37. The summed E-state index contributed by atoms with van der Waals surface area (Å²) in [7, 11) is 0. The zero-order valence-corrected chi connectivity index (χ0v) is 13.0. The maximum atomic E-state index is 6.51. The molecular formula is C14H20N4OS. The number of hydrogen-bond donors (Lipinski definition) is 1. The third kappa shape index (κ3) is 2.38. The second-order valence-corrected chi connectivity index (χ2v) is 7.13. The summed E-state index contributed by atoms with van der Waals surface area (Å²) in [6, 6.07) is 0. The Morgan fingerprint density at radius 2 is 2.15 bits per heavy atom. The van der Waals surface area contributed by atoms with Gasteiger partial charge in [-0.1, -0.05) is 24.9 Å². The van der Waals surface area contributed by atoms with Crippen LogP contribution in [0.1, 0.15) is 49.1 Å². The molecule has 0 saturated heterocycles. The van der Waals surface area contributed by atoms with Crippen LogP contribution in [0.15, 0.2) is 4.52 Å². The summed E-state index contributed by atoms with van der Waals surface area (Å²) in [5.41, 5.74) is 7.01. The van der Waals surface area contributed by atoms with Crippen molar-refractivity contribution >= 4 is 11.3 Å². The summed E-state index contributed by atoms with van der Waals surface area (Å²) in [4.78, 5) is 9.90. The van der Waals surface area contributed by atoms with Crippen molar-refractivity contribution in [2.24, 2.45) is 11.7 Å². The molecule has 6 heteroatoms. The van der Waals surface area contributed by atoms with Crippen molar-refractivity contribution in [1.82, 2.24) is 15.1 Å². The predicted molar refractivity (Wildman–Crippen MR) is 78.4 cm³/mol. The van der Waals surface area contributed by atoms with E-state index in [-0.39, 0.29) is 0 Å². The van der Waals surface area contributed by atoms with Gasteiger partial charge in [0.1, 0.15) is 4.88 Å². The molecule has 0 radical (unpaired) electrons. The molecule has 2 unspecified atom stereocenters. The maximum absolute atomic E-state index is 6.51. The highest BCUT2D eigenvalue weighted by atomic mass is 32.1. The Morgan fingerprint density at radius 3 is 2.80 bits per heavy atom. The van der Waals surface area contributed by atoms with Crippen LogP contribution in [0.25, 0.3) is 10.8 Å². The van der Waals surface area contributed by atoms with Crippen molar-refractivity contribution in [1.29, 1.82) is 0 Å². The summed E-state index contributed by atoms with van der Waals surface area (Å²) >= 11 is 1.58. The normalized spacial score (nSPS) is 26.9. The lowest BCUT2D eigenvalue weighted by molar-refractivity contribution is 0.222. The van der Waals surface area contributed by atoms with E-state index in [0.29, 0.717) is 17.6 Å². The zero-order chi connectivity index (χ0) is 14.3. The van der Waals surface area contributed by atoms with Crippen LogP contribution < -0.4 is 5.73 Å². The lowest BCUT2D eigenvalue weighted by Crippen LogP contribution is -2.42. The van der Waals surface area contributed by atoms with E-state index in [9.17, 15) is 0 Å². The van der Waals surface area contributed by atoms with Crippen LogP contribution >= 0.6 is 11.3 Å². The van der Waals surface area contributed by atoms with Crippen LogP contribution in [-0.2, 0) is 5.54 Å². The quantitative estimate of drug-likeness (QED) is 0.919. The van der Waals surface area contributed by atoms with Crippen LogP contribution in [0.3, 0.4) is 0 Å². The molecule has 2 N–H and O–H groups in total. The molecule has 5 nitrogen and oxygen atoms in total. The molecule has 0 spiro atoms. The maximum Gasteiger partial charge on any atom is 0.269 e. The minimum Gasteiger partial charge on any atom is -0.333 e. The van der Waals surface area contributed by atoms with Gasteiger partial charge in [-0.25, -0.2) is 4.98 Å². The smallest absolute Gasteiger partial charge is 0.269 e. The van der Waals surface area contributed by atoms with Gasteiger partial charge in [-0.3, -0.25) is 0 Å². The van der Waals surface area contributed by atoms with Crippen molar-refractivity contribution in [2.75, 3.05) is 0 Å². The van der Waals surface area contributed by atoms with Gasteiger partial charge < -0.3 is 10.3 Å². The fraction of sp³-hybridized carbons (Fsp3) is 0.643. The van der Waals surface area contributed by atoms with Crippen LogP contribution in [-0.4, -0.2) is 15.1 Å². The summed E-state index contributed by atoms with van der Waals surface area (Å²) in [5, 5.41) is 5.15. The number of nitrogens with two attached hydrogens (primary N) is 1. The average Bonchev–Trinajstić information content (AvgIpc) is 2.95. The number of nitrogens with zero attached hydrogens (tertiary/aromatic N) is 3. The number of rotatable bonds is 2. The van der Waals surface area contributed by atoms with Gasteiger partial charge in [0.15, 0.2) is 5.82 Å². The van der Waals surface area contributed by atoms with E-state index in [0.717, 1.165) is 34.8 Å². The average molecular weight is 292 g/mol. The highest BCUT2D eigenvalue weighted by molar-refractivity contribution is 7.15. The van der Waals surface area contributed by atoms with E-state index in [1.807, 2.05) is 13.8 Å². The van der Waals surface area contributed by atoms with Gasteiger partial charge in [0, 0.05) is 0 Å². The van der Waals surface area contributed by atoms with Gasteiger partial charge in [-0.05, 0) is 32.6 Å². The molecule has 1 fully saturated rings. The van der Waals surface area contributed by atoms with E-state index in [1.54, 1.807) is 11.3 Å². The van der Waals surface area contributed by atoms with Crippen molar-refractivity contribution in [3.8, 4) is 10.8 Å². The number of thiazole rings is 1. The molecule has 2 aromatic heterocycles. The van der Waals surface area contributed by atoms with Crippen molar-refractivity contribution in [3.05, 3.63) is 16.5 Å². The monoisotopic (exact) mass is 292 g/mol. The highest BCUT2D eigenvalue weighted by Crippen LogP contribution is 2.37. The summed E-state index contributed by atoms with van der Waals surface area (Å²) in [6.07, 6.45) is 4.21. The van der Waals surface area contributed by atoms with Crippen molar-refractivity contribution < 1.29 is 4.52 Å². The van der Waals surface area contributed by atoms with E-state index in [4.69, 9.17) is 10.3 Å². The Kier molecular flexibility index (Phi) is 3.38. The molecule has 2 heterocycles. The Labute approximate surface area is 122 Å². The Hall–Kier alpha value is -1.27. The standard InChI is InChI=1S/C14H20N4OS/c1-8-5-4-6-14(15,7-8)13-17-12(19-18-13)11-9(2)16-10(3)20-11/h8H,4-7,15H2,1-3H3. The number of hydrogen-bond acceptors (Lipinski definition) is 6. The Bertz CT molecular complexity index is 620. The lowest BCUT2D eigenvalue weighted by Gasteiger charge is -2.33. The van der Waals surface area contributed by atoms with E-state index < -0.39 is 5.54 Å². The van der Waals surface area contributed by atoms with Gasteiger partial charge in [0.25, 0.3) is 5.89 Å². The number of aryl methyl sites for hydroxylation is 2. The molecule has 20 heavy (non-hydrogen) atoms. The largest absolute Gasteiger partial charge is 0.333 e. The first-order chi connectivity index (χ1) is 9.48. The van der Waals surface area contributed by atoms with Crippen LogP contribution in [0, 0.1) is 19.8 Å². The molecule has 1 aliphatic carbocycles. The summed E-state index contributed by atoms with van der Waals surface area (Å²) < 4.78 is 5.43. The first-order valence-corrected chi connectivity index (χ1v) is 7.87. The van der Waals surface area contributed by atoms with Gasteiger partial charge in [0.05, 0.1) is 16.2 Å². The molecule has 3 rings (SSSR count). The summed E-state index contributed by atoms with van der Waals surface area (Å²) in [6.45, 7) is 6.17. The minimum atomic E-state index is -0.437. The van der Waals surface area contributed by atoms with Crippen LogP contribution in [0.2, 0.25) is 0 Å². The Balaban J connectivity index is 1.92. The second-order valence-electron chi connectivity index (χ2n) is 5.93. The lowest BCUT2D eigenvalue weighted by atomic mass is 9.76. The topological polar surface area (TPSA) is 77.8 Å². The second kappa shape index (κ2) is 4.93. The number of aromatic nitrogens is 3. The molecule has 0 aliphatic heterocycles. The van der Waals surface area contributed by atoms with E-state index >= 15 is 0 Å². The third-order valence-electron chi connectivity index (χ3n) is 4.00. The van der Waals surface area contributed by atoms with E-state index in [1.165, 1.54) is 6.42 Å². The Morgan fingerprint density at radius 1 is 1.35 bits per heavy atom. The van der Waals surface area contributed by atoms with Crippen molar-refractivity contribution in [2.45, 2.75) is 52.0 Å². The van der Waals surface area contributed by atoms with Gasteiger partial charge in [-0.2, -0.15) is 4.98 Å². The molecule has 0 bridgehead atoms. The van der Waals surface area contributed by atoms with Gasteiger partial charge in [0.2, 0.25) is 0 Å². The fourth-order valence-corrected chi connectivity index (χ4v) is 3.88. The summed E-state index contributed by atoms with van der Waals surface area (Å²) in [5.74, 6) is 1.80. The first kappa shape index (κ1) is 13.7. The van der Waals surface area contributed by atoms with Gasteiger partial charge in [-0.15, -0.1) is 11.3 Å². The SMILES string of the molecule is Cc1nc(C)c(-c2nc(C3(N)CCCC(C)C3)no2)s1. The van der Waals surface area contributed by atoms with Crippen LogP contribution in [0.5, 0.6) is 0 Å². The van der Waals surface area contributed by atoms with Crippen LogP contribution in [0.4, 0.5) is 0 Å². The molecule has 1 aliphatic rings. The first-order valence-electron chi connectivity index (χ1n) is 7.05. The fourth-order valence-electron chi connectivity index (χ4n) is 3.04. The third-order valence-corrected chi connectivity index (χ3v) is 5.06. The molecular weight excluding hydrogens is 272 g/mol. The molecule has 0 amide bonds. The molecule has 1 saturated carbocycles. The molecule has 2 atom stereocenters. The molecule has 2 aromatic rings. The molecule has 0 aromatic carbocycles. The predicted octanol–water partition coefficient (Wildman–Crippen LogP) is 3.17. The molecule has 108 valence electrons. The van der Waals surface area contributed by atoms with E-state index in [2.05, 4.69) is 22.0 Å². The van der Waals surface area contributed by atoms with Crippen molar-refractivity contribution in [3.63, 3.8) is 0 Å². The zero-order valence-electron chi connectivity index (χ0n) is 12.1.